The van der Waals surface area contributed by atoms with Gasteiger partial charge < -0.3 is 0 Å². The summed E-state index contributed by atoms with van der Waals surface area (Å²) in [7, 11) is 0. The molecule has 2 nitrogen and oxygen atoms in total. The first-order chi connectivity index (χ1) is 11.9. The maximum absolute atomic E-state index is 13.9. The van der Waals surface area contributed by atoms with Crippen molar-refractivity contribution >= 4 is 51.6 Å². The molecular formula is C19H13Cl2FN2S. The molecule has 0 spiro atoms. The zero-order valence-electron chi connectivity index (χ0n) is 13.5. The summed E-state index contributed by atoms with van der Waals surface area (Å²) in [5, 5.41) is 1.78. The first kappa shape index (κ1) is 16.8. The normalized spacial score (nSPS) is 15.8. The standard InChI is InChI=1S/C19H13Cl2FN2S/c1-19(2)24-16(12-6-7-13(20)15(21)18(12)25-19)11-8-10-4-3-5-14(22)17(10)23-9-11/h3-9H,1-2H3. The summed E-state index contributed by atoms with van der Waals surface area (Å²) in [6.07, 6.45) is 1.66. The SMILES string of the molecule is CC1(C)N=C(c2cnc3c(F)cccc3c2)c2ccc(Cl)c(Cl)c2S1. The summed E-state index contributed by atoms with van der Waals surface area (Å²) in [6.45, 7) is 4.04. The Balaban J connectivity index is 1.96. The van der Waals surface area contributed by atoms with Gasteiger partial charge in [-0.2, -0.15) is 0 Å². The fourth-order valence-electron chi connectivity index (χ4n) is 2.89. The highest BCUT2D eigenvalue weighted by molar-refractivity contribution is 8.00. The van der Waals surface area contributed by atoms with Crippen LogP contribution in [0.2, 0.25) is 10.0 Å². The molecule has 0 radical (unpaired) electrons. The summed E-state index contributed by atoms with van der Waals surface area (Å²) >= 11 is 14.2. The minimum absolute atomic E-state index is 0.333. The van der Waals surface area contributed by atoms with E-state index in [0.717, 1.165) is 27.1 Å². The molecule has 2 heterocycles. The number of thioether (sulfide) groups is 1. The van der Waals surface area contributed by atoms with Gasteiger partial charge >= 0.3 is 0 Å². The Labute approximate surface area is 159 Å². The number of hydrogen-bond acceptors (Lipinski definition) is 3. The Hall–Kier alpha value is -1.62. The molecule has 0 amide bonds. The Morgan fingerprint density at radius 2 is 1.92 bits per heavy atom. The van der Waals surface area contributed by atoms with Gasteiger partial charge in [0, 0.05) is 27.6 Å². The Bertz CT molecular complexity index is 1050. The van der Waals surface area contributed by atoms with Crippen LogP contribution in [0.3, 0.4) is 0 Å². The summed E-state index contributed by atoms with van der Waals surface area (Å²) in [6, 6.07) is 10.5. The van der Waals surface area contributed by atoms with Crippen LogP contribution in [-0.2, 0) is 0 Å². The molecular weight excluding hydrogens is 378 g/mol. The third-order valence-corrected chi connectivity index (χ3v) is 6.11. The average molecular weight is 391 g/mol. The number of pyridine rings is 1. The number of hydrogen-bond donors (Lipinski definition) is 0. The highest BCUT2D eigenvalue weighted by atomic mass is 35.5. The van der Waals surface area contributed by atoms with E-state index in [1.165, 1.54) is 6.07 Å². The molecule has 4 rings (SSSR count). The van der Waals surface area contributed by atoms with Gasteiger partial charge in [-0.3, -0.25) is 9.98 Å². The lowest BCUT2D eigenvalue weighted by atomic mass is 10.0. The molecule has 0 atom stereocenters. The van der Waals surface area contributed by atoms with Crippen molar-refractivity contribution in [3.63, 3.8) is 0 Å². The first-order valence-corrected chi connectivity index (χ1v) is 9.25. The molecule has 1 aliphatic heterocycles. The van der Waals surface area contributed by atoms with E-state index in [-0.39, 0.29) is 5.82 Å². The Morgan fingerprint density at radius 3 is 2.72 bits per heavy atom. The number of fused-ring (bicyclic) bond motifs is 2. The molecule has 2 aromatic carbocycles. The van der Waals surface area contributed by atoms with E-state index in [9.17, 15) is 4.39 Å². The average Bonchev–Trinajstić information content (AvgIpc) is 2.57. The third-order valence-electron chi connectivity index (χ3n) is 3.97. The lowest BCUT2D eigenvalue weighted by Gasteiger charge is -2.29. The van der Waals surface area contributed by atoms with Crippen LogP contribution in [0.4, 0.5) is 4.39 Å². The largest absolute Gasteiger partial charge is 0.267 e. The fourth-order valence-corrected chi connectivity index (χ4v) is 4.50. The minimum atomic E-state index is -0.395. The first-order valence-electron chi connectivity index (χ1n) is 7.67. The van der Waals surface area contributed by atoms with Crippen molar-refractivity contribution in [3.8, 4) is 0 Å². The van der Waals surface area contributed by atoms with Gasteiger partial charge in [-0.05, 0) is 32.0 Å². The van der Waals surface area contributed by atoms with Crippen molar-refractivity contribution < 1.29 is 4.39 Å². The number of nitrogens with zero attached hydrogens (tertiary/aromatic N) is 2. The van der Waals surface area contributed by atoms with Crippen LogP contribution in [0.25, 0.3) is 10.9 Å². The minimum Gasteiger partial charge on any atom is -0.267 e. The maximum atomic E-state index is 13.9. The van der Waals surface area contributed by atoms with Crippen LogP contribution in [0, 0.1) is 5.82 Å². The van der Waals surface area contributed by atoms with Gasteiger partial charge in [0.15, 0.2) is 0 Å². The van der Waals surface area contributed by atoms with Crippen LogP contribution in [0.5, 0.6) is 0 Å². The molecule has 0 unspecified atom stereocenters. The number of benzene rings is 2. The Morgan fingerprint density at radius 1 is 1.12 bits per heavy atom. The van der Waals surface area contributed by atoms with E-state index in [0.29, 0.717) is 15.6 Å². The predicted octanol–water partition coefficient (Wildman–Crippen LogP) is 6.36. The molecule has 126 valence electrons. The number of para-hydroxylation sites is 1. The zero-order chi connectivity index (χ0) is 17.8. The molecule has 0 bridgehead atoms. The molecule has 1 aromatic heterocycles. The molecule has 6 heteroatoms. The van der Waals surface area contributed by atoms with E-state index in [1.807, 2.05) is 32.0 Å². The monoisotopic (exact) mass is 390 g/mol. The van der Waals surface area contributed by atoms with Crippen LogP contribution in [-0.4, -0.2) is 15.6 Å². The molecule has 3 aromatic rings. The summed E-state index contributed by atoms with van der Waals surface area (Å²) in [5.41, 5.74) is 2.88. The second-order valence-corrected chi connectivity index (χ2v) is 8.68. The molecule has 25 heavy (non-hydrogen) atoms. The van der Waals surface area contributed by atoms with Crippen LogP contribution in [0.1, 0.15) is 25.0 Å². The van der Waals surface area contributed by atoms with Crippen LogP contribution >= 0.6 is 35.0 Å². The van der Waals surface area contributed by atoms with Crippen molar-refractivity contribution in [2.45, 2.75) is 23.6 Å². The van der Waals surface area contributed by atoms with Crippen molar-refractivity contribution in [3.05, 3.63) is 69.6 Å². The van der Waals surface area contributed by atoms with Crippen molar-refractivity contribution in [1.29, 1.82) is 0 Å². The van der Waals surface area contributed by atoms with Gasteiger partial charge in [0.1, 0.15) is 16.2 Å². The molecule has 1 aliphatic rings. The Kier molecular flexibility index (Phi) is 4.02. The van der Waals surface area contributed by atoms with Gasteiger partial charge in [-0.25, -0.2) is 4.39 Å². The van der Waals surface area contributed by atoms with E-state index < -0.39 is 4.87 Å². The summed E-state index contributed by atoms with van der Waals surface area (Å²) < 4.78 is 13.9. The quantitative estimate of drug-likeness (QED) is 0.482. The van der Waals surface area contributed by atoms with Crippen LogP contribution in [0.15, 0.2) is 52.5 Å². The van der Waals surface area contributed by atoms with Gasteiger partial charge in [0.2, 0.25) is 0 Å². The fraction of sp³-hybridized carbons (Fsp3) is 0.158. The number of rotatable bonds is 1. The third kappa shape index (κ3) is 2.92. The maximum Gasteiger partial charge on any atom is 0.149 e. The van der Waals surface area contributed by atoms with E-state index in [4.69, 9.17) is 28.2 Å². The second-order valence-electron chi connectivity index (χ2n) is 6.28. The van der Waals surface area contributed by atoms with Crippen molar-refractivity contribution in [2.24, 2.45) is 4.99 Å². The number of aromatic nitrogens is 1. The highest BCUT2D eigenvalue weighted by Crippen LogP contribution is 2.46. The molecule has 0 saturated carbocycles. The van der Waals surface area contributed by atoms with Gasteiger partial charge in [-0.1, -0.05) is 53.2 Å². The second kappa shape index (κ2) is 5.97. The lowest BCUT2D eigenvalue weighted by Crippen LogP contribution is -2.22. The summed E-state index contributed by atoms with van der Waals surface area (Å²) in [4.78, 5) is 9.68. The molecule has 0 fully saturated rings. The topological polar surface area (TPSA) is 25.2 Å². The predicted molar refractivity (Wildman–Crippen MR) is 104 cm³/mol. The van der Waals surface area contributed by atoms with E-state index in [1.54, 1.807) is 30.1 Å². The number of aliphatic imine (C=N–C) groups is 1. The van der Waals surface area contributed by atoms with Crippen molar-refractivity contribution in [2.75, 3.05) is 0 Å². The van der Waals surface area contributed by atoms with E-state index in [2.05, 4.69) is 4.98 Å². The number of halogens is 3. The molecule has 0 N–H and O–H groups in total. The smallest absolute Gasteiger partial charge is 0.149 e. The van der Waals surface area contributed by atoms with Crippen molar-refractivity contribution in [1.82, 2.24) is 4.98 Å². The molecule has 0 saturated heterocycles. The summed E-state index contributed by atoms with van der Waals surface area (Å²) in [5.74, 6) is -0.333. The van der Waals surface area contributed by atoms with E-state index >= 15 is 0 Å². The van der Waals surface area contributed by atoms with Crippen LogP contribution < -0.4 is 0 Å². The lowest BCUT2D eigenvalue weighted by molar-refractivity contribution is 0.637. The van der Waals surface area contributed by atoms with Gasteiger partial charge in [0.05, 0.1) is 15.8 Å². The highest BCUT2D eigenvalue weighted by Gasteiger charge is 2.30. The molecule has 0 aliphatic carbocycles. The zero-order valence-corrected chi connectivity index (χ0v) is 15.8. The van der Waals surface area contributed by atoms with Gasteiger partial charge in [-0.15, -0.1) is 0 Å². The van der Waals surface area contributed by atoms with Gasteiger partial charge in [0.25, 0.3) is 0 Å².